The Kier molecular flexibility index (Phi) is 5.02. The summed E-state index contributed by atoms with van der Waals surface area (Å²) < 4.78 is 5.13. The molecular formula is C11H17NO5. The lowest BCUT2D eigenvalue weighted by Crippen LogP contribution is -2.54. The average Bonchev–Trinajstić information content (AvgIpc) is 2.29. The SMILES string of the molecule is [C-]#[N+]CC(=O)CC1C(O)OC(CC)C(O)C1O. The van der Waals surface area contributed by atoms with E-state index in [-0.39, 0.29) is 18.7 Å². The largest absolute Gasteiger partial charge is 0.390 e. The lowest BCUT2D eigenvalue weighted by atomic mass is 9.86. The van der Waals surface area contributed by atoms with Crippen molar-refractivity contribution in [2.45, 2.75) is 44.4 Å². The maximum atomic E-state index is 11.3. The maximum Gasteiger partial charge on any atom is 0.272 e. The zero-order valence-electron chi connectivity index (χ0n) is 9.61. The van der Waals surface area contributed by atoms with Crippen LogP contribution >= 0.6 is 0 Å². The van der Waals surface area contributed by atoms with E-state index in [1.807, 2.05) is 0 Å². The van der Waals surface area contributed by atoms with Gasteiger partial charge in [-0.15, -0.1) is 0 Å². The third-order valence-corrected chi connectivity index (χ3v) is 2.97. The zero-order valence-corrected chi connectivity index (χ0v) is 9.61. The molecule has 1 aliphatic heterocycles. The van der Waals surface area contributed by atoms with Gasteiger partial charge in [0.1, 0.15) is 6.10 Å². The Morgan fingerprint density at radius 3 is 2.53 bits per heavy atom. The van der Waals surface area contributed by atoms with Crippen LogP contribution in [0.25, 0.3) is 4.85 Å². The molecule has 0 aromatic rings. The molecule has 1 saturated heterocycles. The Labute approximate surface area is 99.6 Å². The van der Waals surface area contributed by atoms with Gasteiger partial charge in [0.15, 0.2) is 6.29 Å². The maximum absolute atomic E-state index is 11.3. The summed E-state index contributed by atoms with van der Waals surface area (Å²) in [5, 5.41) is 29.2. The highest BCUT2D eigenvalue weighted by molar-refractivity contribution is 5.82. The van der Waals surface area contributed by atoms with Gasteiger partial charge in [-0.2, -0.15) is 0 Å². The second-order valence-electron chi connectivity index (χ2n) is 4.18. The molecule has 6 heteroatoms. The van der Waals surface area contributed by atoms with Crippen LogP contribution in [0.4, 0.5) is 0 Å². The quantitative estimate of drug-likeness (QED) is 0.570. The van der Waals surface area contributed by atoms with E-state index in [1.54, 1.807) is 6.92 Å². The van der Waals surface area contributed by atoms with E-state index < -0.39 is 30.5 Å². The number of hydrogen-bond acceptors (Lipinski definition) is 5. The monoisotopic (exact) mass is 243 g/mol. The lowest BCUT2D eigenvalue weighted by Gasteiger charge is -2.40. The number of aliphatic hydroxyl groups excluding tert-OH is 3. The second kappa shape index (κ2) is 6.07. The first-order valence-corrected chi connectivity index (χ1v) is 5.55. The summed E-state index contributed by atoms with van der Waals surface area (Å²) in [5.74, 6) is -1.25. The van der Waals surface area contributed by atoms with Crippen molar-refractivity contribution in [3.05, 3.63) is 11.4 Å². The fourth-order valence-electron chi connectivity index (χ4n) is 1.98. The van der Waals surface area contributed by atoms with E-state index in [4.69, 9.17) is 11.3 Å². The van der Waals surface area contributed by atoms with E-state index in [2.05, 4.69) is 4.85 Å². The molecule has 0 amide bonds. The topological polar surface area (TPSA) is 91.4 Å². The molecule has 5 atom stereocenters. The fraction of sp³-hybridized carbons (Fsp3) is 0.818. The number of nitrogens with zero attached hydrogens (tertiary/aromatic N) is 1. The molecule has 1 rings (SSSR count). The van der Waals surface area contributed by atoms with Crippen molar-refractivity contribution in [2.75, 3.05) is 6.54 Å². The van der Waals surface area contributed by atoms with Crippen molar-refractivity contribution in [3.8, 4) is 0 Å². The van der Waals surface area contributed by atoms with Crippen LogP contribution in [-0.4, -0.2) is 52.2 Å². The molecule has 0 saturated carbocycles. The van der Waals surface area contributed by atoms with Crippen LogP contribution in [0.2, 0.25) is 0 Å². The standard InChI is InChI=1S/C11H17NO5/c1-3-8-10(15)9(14)7(11(16)17-8)4-6(13)5-12-2/h7-11,14-16H,3-5H2,1H3. The molecule has 0 aromatic carbocycles. The Hall–Kier alpha value is -1.00. The van der Waals surface area contributed by atoms with Gasteiger partial charge in [-0.3, -0.25) is 4.79 Å². The molecule has 0 aromatic heterocycles. The first kappa shape index (κ1) is 14.1. The first-order valence-electron chi connectivity index (χ1n) is 5.55. The van der Waals surface area contributed by atoms with Crippen LogP contribution in [0.5, 0.6) is 0 Å². The van der Waals surface area contributed by atoms with Crippen LogP contribution < -0.4 is 0 Å². The predicted octanol–water partition coefficient (Wildman–Crippen LogP) is -0.670. The Morgan fingerprint density at radius 1 is 1.35 bits per heavy atom. The lowest BCUT2D eigenvalue weighted by molar-refractivity contribution is -0.264. The molecule has 5 unspecified atom stereocenters. The Bertz CT molecular complexity index is 313. The number of ketones is 1. The van der Waals surface area contributed by atoms with Crippen LogP contribution in [0.15, 0.2) is 0 Å². The minimum Gasteiger partial charge on any atom is -0.390 e. The fourth-order valence-corrected chi connectivity index (χ4v) is 1.98. The van der Waals surface area contributed by atoms with Crippen LogP contribution in [-0.2, 0) is 9.53 Å². The molecule has 17 heavy (non-hydrogen) atoms. The zero-order chi connectivity index (χ0) is 13.0. The average molecular weight is 243 g/mol. The number of aliphatic hydroxyl groups is 3. The molecule has 0 spiro atoms. The predicted molar refractivity (Wildman–Crippen MR) is 57.8 cm³/mol. The highest BCUT2D eigenvalue weighted by Gasteiger charge is 2.43. The van der Waals surface area contributed by atoms with Crippen molar-refractivity contribution in [1.29, 1.82) is 0 Å². The third kappa shape index (κ3) is 3.23. The molecule has 0 radical (unpaired) electrons. The van der Waals surface area contributed by atoms with Crippen LogP contribution in [0.3, 0.4) is 0 Å². The molecule has 0 bridgehead atoms. The minimum atomic E-state index is -1.28. The summed E-state index contributed by atoms with van der Waals surface area (Å²) in [6.07, 6.45) is -3.95. The molecular weight excluding hydrogens is 226 g/mol. The van der Waals surface area contributed by atoms with Gasteiger partial charge in [0.2, 0.25) is 5.78 Å². The van der Waals surface area contributed by atoms with Gasteiger partial charge in [0.25, 0.3) is 6.54 Å². The summed E-state index contributed by atoms with van der Waals surface area (Å²) in [7, 11) is 0. The number of carbonyl (C=O) groups excluding carboxylic acids is 1. The van der Waals surface area contributed by atoms with Crippen molar-refractivity contribution in [2.24, 2.45) is 5.92 Å². The van der Waals surface area contributed by atoms with E-state index in [9.17, 15) is 20.1 Å². The third-order valence-electron chi connectivity index (χ3n) is 2.97. The number of carbonyl (C=O) groups is 1. The van der Waals surface area contributed by atoms with Gasteiger partial charge < -0.3 is 24.9 Å². The van der Waals surface area contributed by atoms with Crippen molar-refractivity contribution in [1.82, 2.24) is 0 Å². The highest BCUT2D eigenvalue weighted by Crippen LogP contribution is 2.28. The van der Waals surface area contributed by atoms with Gasteiger partial charge in [0.05, 0.1) is 12.2 Å². The molecule has 96 valence electrons. The molecule has 1 heterocycles. The molecule has 6 nitrogen and oxygen atoms in total. The summed E-state index contributed by atoms with van der Waals surface area (Å²) in [4.78, 5) is 14.2. The molecule has 3 N–H and O–H groups in total. The van der Waals surface area contributed by atoms with Gasteiger partial charge in [0, 0.05) is 12.3 Å². The van der Waals surface area contributed by atoms with Gasteiger partial charge in [-0.05, 0) is 6.42 Å². The Balaban J connectivity index is 2.67. The highest BCUT2D eigenvalue weighted by atomic mass is 16.6. The number of ether oxygens (including phenoxy) is 1. The number of rotatable bonds is 4. The molecule has 1 aliphatic rings. The number of hydrogen-bond donors (Lipinski definition) is 3. The van der Waals surface area contributed by atoms with Crippen LogP contribution in [0, 0.1) is 12.5 Å². The Morgan fingerprint density at radius 2 is 2.00 bits per heavy atom. The molecule has 0 aliphatic carbocycles. The van der Waals surface area contributed by atoms with E-state index in [0.29, 0.717) is 6.42 Å². The van der Waals surface area contributed by atoms with Gasteiger partial charge in [-0.25, -0.2) is 6.57 Å². The van der Waals surface area contributed by atoms with Crippen molar-refractivity contribution < 1.29 is 24.9 Å². The second-order valence-corrected chi connectivity index (χ2v) is 4.18. The van der Waals surface area contributed by atoms with Crippen LogP contribution in [0.1, 0.15) is 19.8 Å². The summed E-state index contributed by atoms with van der Waals surface area (Å²) >= 11 is 0. The smallest absolute Gasteiger partial charge is 0.272 e. The number of Topliss-reactive ketones (excluding diaryl/α,β-unsaturated/α-hetero) is 1. The minimum absolute atomic E-state index is 0.168. The van der Waals surface area contributed by atoms with Gasteiger partial charge >= 0.3 is 0 Å². The van der Waals surface area contributed by atoms with Crippen molar-refractivity contribution >= 4 is 5.78 Å². The van der Waals surface area contributed by atoms with Crippen molar-refractivity contribution in [3.63, 3.8) is 0 Å². The summed E-state index contributed by atoms with van der Waals surface area (Å²) in [6, 6.07) is 0. The van der Waals surface area contributed by atoms with Gasteiger partial charge in [-0.1, -0.05) is 6.92 Å². The summed E-state index contributed by atoms with van der Waals surface area (Å²) in [6.45, 7) is 8.02. The summed E-state index contributed by atoms with van der Waals surface area (Å²) in [5.41, 5.74) is 0. The van der Waals surface area contributed by atoms with E-state index in [1.165, 1.54) is 0 Å². The first-order chi connectivity index (χ1) is 8.01. The normalized spacial score (nSPS) is 37.5. The van der Waals surface area contributed by atoms with E-state index >= 15 is 0 Å². The van der Waals surface area contributed by atoms with E-state index in [0.717, 1.165) is 0 Å². The molecule has 1 fully saturated rings.